The van der Waals surface area contributed by atoms with Gasteiger partial charge in [-0.15, -0.1) is 11.3 Å². The average molecular weight is 398 g/mol. The predicted molar refractivity (Wildman–Crippen MR) is 93.1 cm³/mol. The van der Waals surface area contributed by atoms with Gasteiger partial charge in [0.2, 0.25) is 0 Å². The van der Waals surface area contributed by atoms with Crippen LogP contribution in [0.1, 0.15) is 23.5 Å². The quantitative estimate of drug-likeness (QED) is 0.745. The lowest BCUT2D eigenvalue weighted by Crippen LogP contribution is -2.30. The molecule has 1 aromatic carbocycles. The van der Waals surface area contributed by atoms with E-state index in [0.29, 0.717) is 22.9 Å². The van der Waals surface area contributed by atoms with Crippen molar-refractivity contribution < 1.29 is 19.1 Å². The molecule has 7 heteroatoms. The molecule has 0 radical (unpaired) electrons. The lowest BCUT2D eigenvalue weighted by Gasteiger charge is -2.15. The maximum atomic E-state index is 12.2. The molecule has 1 atom stereocenters. The van der Waals surface area contributed by atoms with E-state index < -0.39 is 18.0 Å². The van der Waals surface area contributed by atoms with Crippen molar-refractivity contribution >= 4 is 44.8 Å². The maximum absolute atomic E-state index is 12.2. The van der Waals surface area contributed by atoms with E-state index in [-0.39, 0.29) is 0 Å². The Morgan fingerprint density at radius 3 is 2.65 bits per heavy atom. The van der Waals surface area contributed by atoms with Gasteiger partial charge in [0.15, 0.2) is 6.10 Å². The molecule has 0 aliphatic carbocycles. The summed E-state index contributed by atoms with van der Waals surface area (Å²) in [7, 11) is 0. The first kappa shape index (κ1) is 17.5. The summed E-state index contributed by atoms with van der Waals surface area (Å²) < 4.78 is 11.5. The van der Waals surface area contributed by atoms with E-state index in [4.69, 9.17) is 9.47 Å². The third-order valence-corrected chi connectivity index (χ3v) is 4.48. The molecular formula is C16H16BrNO4S. The molecule has 0 fully saturated rings. The number of nitrogens with one attached hydrogen (secondary N) is 1. The largest absolute Gasteiger partial charge is 0.492 e. The van der Waals surface area contributed by atoms with Crippen molar-refractivity contribution in [2.24, 2.45) is 0 Å². The highest BCUT2D eigenvalue weighted by Crippen LogP contribution is 2.25. The van der Waals surface area contributed by atoms with E-state index in [0.717, 1.165) is 3.79 Å². The molecule has 5 nitrogen and oxygen atoms in total. The van der Waals surface area contributed by atoms with Crippen molar-refractivity contribution in [3.63, 3.8) is 0 Å². The van der Waals surface area contributed by atoms with Crippen LogP contribution in [0.25, 0.3) is 0 Å². The fourth-order valence-electron chi connectivity index (χ4n) is 1.78. The second-order valence-electron chi connectivity index (χ2n) is 4.57. The molecule has 1 N–H and O–H groups in total. The van der Waals surface area contributed by atoms with Gasteiger partial charge in [-0.1, -0.05) is 12.1 Å². The molecule has 0 bridgehead atoms. The number of carbonyl (C=O) groups excluding carboxylic acids is 2. The van der Waals surface area contributed by atoms with Crippen LogP contribution in [0.2, 0.25) is 0 Å². The fraction of sp³-hybridized carbons (Fsp3) is 0.250. The predicted octanol–water partition coefficient (Wildman–Crippen LogP) is 4.09. The molecule has 1 unspecified atom stereocenters. The van der Waals surface area contributed by atoms with Crippen molar-refractivity contribution in [2.45, 2.75) is 20.0 Å². The summed E-state index contributed by atoms with van der Waals surface area (Å²) in [6, 6.07) is 10.5. The second kappa shape index (κ2) is 8.12. The van der Waals surface area contributed by atoms with Crippen molar-refractivity contribution in [3.05, 3.63) is 45.1 Å². The average Bonchev–Trinajstić information content (AvgIpc) is 2.96. The molecule has 0 saturated carbocycles. The molecule has 0 aliphatic rings. The van der Waals surface area contributed by atoms with Gasteiger partial charge in [-0.3, -0.25) is 4.79 Å². The summed E-state index contributed by atoms with van der Waals surface area (Å²) >= 11 is 4.53. The zero-order valence-corrected chi connectivity index (χ0v) is 15.1. The number of rotatable bonds is 6. The Labute approximate surface area is 146 Å². The Balaban J connectivity index is 1.99. The minimum absolute atomic E-state index is 0.416. The number of carbonyl (C=O) groups is 2. The Hall–Kier alpha value is -1.86. The minimum Gasteiger partial charge on any atom is -0.492 e. The van der Waals surface area contributed by atoms with Crippen LogP contribution < -0.4 is 10.1 Å². The molecule has 2 aromatic rings. The Bertz CT molecular complexity index is 701. The molecule has 1 heterocycles. The number of para-hydroxylation sites is 2. The molecule has 0 aliphatic heterocycles. The van der Waals surface area contributed by atoms with Crippen molar-refractivity contribution in [2.75, 3.05) is 11.9 Å². The second-order valence-corrected chi connectivity index (χ2v) is 7.03. The Kier molecular flexibility index (Phi) is 6.18. The van der Waals surface area contributed by atoms with Crippen LogP contribution >= 0.6 is 27.3 Å². The van der Waals surface area contributed by atoms with Crippen LogP contribution in [-0.2, 0) is 9.53 Å². The first-order valence-electron chi connectivity index (χ1n) is 7.00. The van der Waals surface area contributed by atoms with E-state index in [2.05, 4.69) is 21.2 Å². The van der Waals surface area contributed by atoms with Gasteiger partial charge in [-0.05, 0) is 54.0 Å². The smallest absolute Gasteiger partial charge is 0.349 e. The number of hydrogen-bond acceptors (Lipinski definition) is 5. The Morgan fingerprint density at radius 2 is 2.00 bits per heavy atom. The summed E-state index contributed by atoms with van der Waals surface area (Å²) in [5.74, 6) is -0.369. The van der Waals surface area contributed by atoms with Crippen LogP contribution in [0, 0.1) is 0 Å². The normalized spacial score (nSPS) is 11.6. The lowest BCUT2D eigenvalue weighted by molar-refractivity contribution is -0.123. The minimum atomic E-state index is -0.918. The van der Waals surface area contributed by atoms with Gasteiger partial charge in [0.25, 0.3) is 5.91 Å². The number of anilines is 1. The van der Waals surface area contributed by atoms with E-state index >= 15 is 0 Å². The maximum Gasteiger partial charge on any atom is 0.349 e. The summed E-state index contributed by atoms with van der Waals surface area (Å²) in [5, 5.41) is 2.71. The summed E-state index contributed by atoms with van der Waals surface area (Å²) in [5.41, 5.74) is 0.543. The lowest BCUT2D eigenvalue weighted by atomic mass is 10.2. The van der Waals surface area contributed by atoms with Gasteiger partial charge in [0.05, 0.1) is 16.1 Å². The third-order valence-electron chi connectivity index (χ3n) is 2.87. The monoisotopic (exact) mass is 397 g/mol. The van der Waals surface area contributed by atoms with Crippen LogP contribution in [0.5, 0.6) is 5.75 Å². The van der Waals surface area contributed by atoms with E-state index in [1.165, 1.54) is 18.3 Å². The van der Waals surface area contributed by atoms with Gasteiger partial charge in [0, 0.05) is 0 Å². The highest BCUT2D eigenvalue weighted by molar-refractivity contribution is 9.11. The first-order chi connectivity index (χ1) is 11.0. The van der Waals surface area contributed by atoms with Gasteiger partial charge in [-0.25, -0.2) is 4.79 Å². The number of benzene rings is 1. The van der Waals surface area contributed by atoms with Crippen molar-refractivity contribution in [3.8, 4) is 5.75 Å². The molecule has 1 amide bonds. The third kappa shape index (κ3) is 4.80. The number of esters is 1. The standard InChI is InChI=1S/C16H16BrNO4S/c1-3-21-12-7-5-4-6-11(12)18-15(19)10(2)22-16(20)13-8-9-14(17)23-13/h4-10H,3H2,1-2H3,(H,18,19). The number of hydrogen-bond donors (Lipinski definition) is 1. The SMILES string of the molecule is CCOc1ccccc1NC(=O)C(C)OC(=O)c1ccc(Br)s1. The molecule has 23 heavy (non-hydrogen) atoms. The molecule has 2 rings (SSSR count). The summed E-state index contributed by atoms with van der Waals surface area (Å²) in [6.07, 6.45) is -0.918. The highest BCUT2D eigenvalue weighted by Gasteiger charge is 2.21. The number of amides is 1. The van der Waals surface area contributed by atoms with Crippen LogP contribution in [0.3, 0.4) is 0 Å². The highest BCUT2D eigenvalue weighted by atomic mass is 79.9. The van der Waals surface area contributed by atoms with Crippen LogP contribution in [0.4, 0.5) is 5.69 Å². The molecule has 0 saturated heterocycles. The molecule has 122 valence electrons. The van der Waals surface area contributed by atoms with E-state index in [9.17, 15) is 9.59 Å². The molecule has 1 aromatic heterocycles. The summed E-state index contributed by atoms with van der Waals surface area (Å²) in [6.45, 7) is 3.88. The van der Waals surface area contributed by atoms with Gasteiger partial charge in [0.1, 0.15) is 10.6 Å². The van der Waals surface area contributed by atoms with Crippen molar-refractivity contribution in [1.29, 1.82) is 0 Å². The van der Waals surface area contributed by atoms with Crippen LogP contribution in [0.15, 0.2) is 40.2 Å². The van der Waals surface area contributed by atoms with Gasteiger partial charge >= 0.3 is 5.97 Å². The van der Waals surface area contributed by atoms with Crippen LogP contribution in [-0.4, -0.2) is 24.6 Å². The Morgan fingerprint density at radius 1 is 1.26 bits per heavy atom. The number of thiophene rings is 1. The topological polar surface area (TPSA) is 64.6 Å². The van der Waals surface area contributed by atoms with Gasteiger partial charge in [-0.2, -0.15) is 0 Å². The van der Waals surface area contributed by atoms with E-state index in [1.807, 2.05) is 13.0 Å². The number of halogens is 1. The van der Waals surface area contributed by atoms with Crippen molar-refractivity contribution in [1.82, 2.24) is 0 Å². The summed E-state index contributed by atoms with van der Waals surface area (Å²) in [4.78, 5) is 24.6. The fourth-order valence-corrected chi connectivity index (χ4v) is 3.05. The van der Waals surface area contributed by atoms with Gasteiger partial charge < -0.3 is 14.8 Å². The van der Waals surface area contributed by atoms with E-state index in [1.54, 1.807) is 30.3 Å². The zero-order valence-electron chi connectivity index (χ0n) is 12.7. The number of ether oxygens (including phenoxy) is 2. The first-order valence-corrected chi connectivity index (χ1v) is 8.61. The zero-order chi connectivity index (χ0) is 16.8. The molecular weight excluding hydrogens is 382 g/mol. The molecule has 0 spiro atoms.